The molecule has 470 valence electrons. The molecule has 3 N–H and O–H groups in total. The van der Waals surface area contributed by atoms with Crippen LogP contribution in [0.25, 0.3) is 0 Å². The van der Waals surface area contributed by atoms with Crippen LogP contribution in [0.2, 0.25) is 0 Å². The molecule has 0 radical (unpaired) electrons. The zero-order valence-electron chi connectivity index (χ0n) is 53.8. The zero-order valence-corrected chi connectivity index (χ0v) is 53.8. The molecule has 80 heavy (non-hydrogen) atoms. The van der Waals surface area contributed by atoms with Crippen molar-refractivity contribution < 1.29 is 24.5 Å². The van der Waals surface area contributed by atoms with E-state index in [1.165, 1.54) is 308 Å². The van der Waals surface area contributed by atoms with Gasteiger partial charge in [-0.2, -0.15) is 0 Å². The second-order valence-corrected chi connectivity index (χ2v) is 24.6. The van der Waals surface area contributed by atoms with Crippen molar-refractivity contribution in [3.8, 4) is 0 Å². The molecule has 0 heterocycles. The fourth-order valence-electron chi connectivity index (χ4n) is 11.1. The Morgan fingerprint density at radius 3 is 1.00 bits per heavy atom. The highest BCUT2D eigenvalue weighted by atomic mass is 16.5. The van der Waals surface area contributed by atoms with Gasteiger partial charge in [0.25, 0.3) is 0 Å². The van der Waals surface area contributed by atoms with Gasteiger partial charge in [-0.05, 0) is 83.5 Å². The summed E-state index contributed by atoms with van der Waals surface area (Å²) in [6.45, 7) is 4.88. The van der Waals surface area contributed by atoms with Crippen LogP contribution in [0.4, 0.5) is 0 Å². The molecule has 1 amide bonds. The third-order valence-electron chi connectivity index (χ3n) is 16.6. The normalized spacial score (nSPS) is 12.8. The summed E-state index contributed by atoms with van der Waals surface area (Å²) in [4.78, 5) is 24.6. The van der Waals surface area contributed by atoms with Crippen molar-refractivity contribution in [1.82, 2.24) is 5.32 Å². The molecule has 0 aromatic rings. The quantitative estimate of drug-likeness (QED) is 0.0320. The lowest BCUT2D eigenvalue weighted by molar-refractivity contribution is -0.143. The number of hydrogen-bond acceptors (Lipinski definition) is 5. The minimum Gasteiger partial charge on any atom is -0.466 e. The van der Waals surface area contributed by atoms with Crippen LogP contribution >= 0.6 is 0 Å². The van der Waals surface area contributed by atoms with Crippen molar-refractivity contribution in [2.75, 3.05) is 13.2 Å². The van der Waals surface area contributed by atoms with Gasteiger partial charge in [0.15, 0.2) is 0 Å². The van der Waals surface area contributed by atoms with Crippen LogP contribution in [0.15, 0.2) is 48.6 Å². The lowest BCUT2D eigenvalue weighted by Gasteiger charge is -2.20. The van der Waals surface area contributed by atoms with Crippen molar-refractivity contribution in [2.24, 2.45) is 0 Å². The topological polar surface area (TPSA) is 95.9 Å². The third kappa shape index (κ3) is 65.0. The van der Waals surface area contributed by atoms with Gasteiger partial charge in [-0.25, -0.2) is 0 Å². The number of allylic oxidation sites excluding steroid dienone is 7. The first-order chi connectivity index (χ1) is 39.5. The molecule has 0 aliphatic heterocycles. The van der Waals surface area contributed by atoms with Gasteiger partial charge < -0.3 is 20.3 Å². The Kier molecular flexibility index (Phi) is 67.4. The molecule has 0 aliphatic carbocycles. The summed E-state index contributed by atoms with van der Waals surface area (Å²) in [7, 11) is 0. The highest BCUT2D eigenvalue weighted by molar-refractivity contribution is 5.76. The maximum atomic E-state index is 12.5. The van der Waals surface area contributed by atoms with E-state index < -0.39 is 12.1 Å². The molecule has 0 bridgehead atoms. The van der Waals surface area contributed by atoms with Crippen LogP contribution in [0, 0.1) is 0 Å². The van der Waals surface area contributed by atoms with Gasteiger partial charge in [0.05, 0.1) is 25.4 Å². The molecule has 0 saturated heterocycles. The van der Waals surface area contributed by atoms with Gasteiger partial charge in [0.2, 0.25) is 5.91 Å². The summed E-state index contributed by atoms with van der Waals surface area (Å²) in [6.07, 6.45) is 90.5. The van der Waals surface area contributed by atoms with Gasteiger partial charge in [-0.1, -0.05) is 339 Å². The number of nitrogens with one attached hydrogen (secondary N) is 1. The molecule has 6 nitrogen and oxygen atoms in total. The second-order valence-electron chi connectivity index (χ2n) is 24.6. The summed E-state index contributed by atoms with van der Waals surface area (Å²) < 4.78 is 5.48. The maximum Gasteiger partial charge on any atom is 0.305 e. The van der Waals surface area contributed by atoms with Crippen molar-refractivity contribution in [2.45, 2.75) is 398 Å². The molecule has 2 atom stereocenters. The van der Waals surface area contributed by atoms with E-state index in [9.17, 15) is 19.8 Å². The highest BCUT2D eigenvalue weighted by Crippen LogP contribution is 2.18. The number of aliphatic hydroxyl groups excluding tert-OH is 2. The fraction of sp³-hybridized carbons (Fsp3) is 0.865. The van der Waals surface area contributed by atoms with E-state index in [0.717, 1.165) is 51.4 Å². The van der Waals surface area contributed by atoms with Crippen molar-refractivity contribution in [3.63, 3.8) is 0 Å². The Bertz CT molecular complexity index is 1340. The second kappa shape index (κ2) is 69.3. The van der Waals surface area contributed by atoms with Crippen LogP contribution in [0.1, 0.15) is 386 Å². The van der Waals surface area contributed by atoms with E-state index in [0.29, 0.717) is 19.4 Å². The Labute approximate surface area is 499 Å². The highest BCUT2D eigenvalue weighted by Gasteiger charge is 2.18. The fourth-order valence-corrected chi connectivity index (χ4v) is 11.1. The number of rotatable bonds is 67. The summed E-state index contributed by atoms with van der Waals surface area (Å²) in [5.74, 6) is -0.0714. The first-order valence-electron chi connectivity index (χ1n) is 35.9. The molecule has 6 heteroatoms. The molecular weight excluding hydrogens is 983 g/mol. The predicted molar refractivity (Wildman–Crippen MR) is 352 cm³/mol. The molecule has 0 spiro atoms. The van der Waals surface area contributed by atoms with Crippen molar-refractivity contribution >= 4 is 11.9 Å². The molecular formula is C74H139NO5. The standard InChI is InChI=1S/C74H139NO5/c1-3-5-7-9-11-13-15-17-19-20-21-22-23-24-27-30-33-36-39-42-46-50-54-58-62-66-72(77)71(70-76)75-73(78)67-63-59-55-51-47-43-40-37-34-31-28-25-26-29-32-35-38-41-45-49-53-57-61-65-69-80-74(79)68-64-60-56-52-48-44-18-16-14-12-10-8-6-4-2/h10,12,16,18,28,31,62,66,71-72,76-77H,3-9,11,13-15,17,19-27,29-30,32-61,63-65,67-70H2,1-2H3,(H,75,78)/b12-10-,18-16-,31-28-,66-62+. The molecule has 0 aromatic heterocycles. The summed E-state index contributed by atoms with van der Waals surface area (Å²) in [5.41, 5.74) is 0. The molecule has 0 aromatic carbocycles. The van der Waals surface area contributed by atoms with E-state index in [4.69, 9.17) is 4.74 Å². The Morgan fingerprint density at radius 1 is 0.350 bits per heavy atom. The van der Waals surface area contributed by atoms with Gasteiger partial charge >= 0.3 is 5.97 Å². The van der Waals surface area contributed by atoms with Crippen molar-refractivity contribution in [3.05, 3.63) is 48.6 Å². The van der Waals surface area contributed by atoms with Gasteiger partial charge in [0, 0.05) is 12.8 Å². The van der Waals surface area contributed by atoms with Crippen LogP contribution in [0.5, 0.6) is 0 Å². The number of hydrogen-bond donors (Lipinski definition) is 3. The van der Waals surface area contributed by atoms with Gasteiger partial charge in [0.1, 0.15) is 0 Å². The van der Waals surface area contributed by atoms with E-state index in [2.05, 4.69) is 55.6 Å². The van der Waals surface area contributed by atoms with E-state index >= 15 is 0 Å². The number of esters is 1. The number of carbonyl (C=O) groups is 2. The lowest BCUT2D eigenvalue weighted by atomic mass is 10.0. The minimum atomic E-state index is -0.850. The minimum absolute atomic E-state index is 0.00235. The van der Waals surface area contributed by atoms with E-state index in [1.54, 1.807) is 6.08 Å². The zero-order chi connectivity index (χ0) is 57.8. The molecule has 0 saturated carbocycles. The first-order valence-corrected chi connectivity index (χ1v) is 35.9. The smallest absolute Gasteiger partial charge is 0.305 e. The van der Waals surface area contributed by atoms with Crippen LogP contribution in [0.3, 0.4) is 0 Å². The Balaban J connectivity index is 3.44. The van der Waals surface area contributed by atoms with Gasteiger partial charge in [-0.15, -0.1) is 0 Å². The lowest BCUT2D eigenvalue weighted by Crippen LogP contribution is -2.45. The Hall–Kier alpha value is -2.18. The first kappa shape index (κ1) is 77.8. The molecule has 0 aliphatic rings. The predicted octanol–water partition coefficient (Wildman–Crippen LogP) is 23.3. The number of carbonyl (C=O) groups excluding carboxylic acids is 2. The molecule has 0 fully saturated rings. The summed E-state index contributed by atoms with van der Waals surface area (Å²) in [6, 6.07) is -0.634. The van der Waals surface area contributed by atoms with Crippen molar-refractivity contribution in [1.29, 1.82) is 0 Å². The van der Waals surface area contributed by atoms with E-state index in [1.807, 2.05) is 6.08 Å². The largest absolute Gasteiger partial charge is 0.466 e. The number of unbranched alkanes of at least 4 members (excludes halogenated alkanes) is 50. The summed E-state index contributed by atoms with van der Waals surface area (Å²) >= 11 is 0. The maximum absolute atomic E-state index is 12.5. The van der Waals surface area contributed by atoms with E-state index in [-0.39, 0.29) is 18.5 Å². The summed E-state index contributed by atoms with van der Waals surface area (Å²) in [5, 5.41) is 23.3. The monoisotopic (exact) mass is 1120 g/mol. The molecule has 2 unspecified atom stereocenters. The number of aliphatic hydroxyl groups is 2. The van der Waals surface area contributed by atoms with Crippen LogP contribution < -0.4 is 5.32 Å². The average molecular weight is 1120 g/mol. The average Bonchev–Trinajstić information content (AvgIpc) is 3.46. The molecule has 0 rings (SSSR count). The SMILES string of the molecule is CCCC/C=C\C/C=C\CCCCCCCC(=O)OCCCCCCCCCCCCCC/C=C\CCCCCCCCCCC(=O)NC(CO)C(O)/C=C/CCCCCCCCCCCCCCCCCCCCCCCCC. The van der Waals surface area contributed by atoms with Crippen LogP contribution in [-0.4, -0.2) is 47.4 Å². The third-order valence-corrected chi connectivity index (χ3v) is 16.6. The Morgan fingerprint density at radius 2 is 0.637 bits per heavy atom. The number of ether oxygens (including phenoxy) is 1. The van der Waals surface area contributed by atoms with Gasteiger partial charge in [-0.3, -0.25) is 9.59 Å². The number of amides is 1. The van der Waals surface area contributed by atoms with Crippen LogP contribution in [-0.2, 0) is 14.3 Å².